The number of carbonyl (C=O) groups excluding carboxylic acids is 1. The lowest BCUT2D eigenvalue weighted by molar-refractivity contribution is -0.124. The van der Waals surface area contributed by atoms with Crippen LogP contribution in [-0.4, -0.2) is 17.0 Å². The maximum absolute atomic E-state index is 11.7. The zero-order chi connectivity index (χ0) is 13.1. The van der Waals surface area contributed by atoms with Crippen molar-refractivity contribution in [2.75, 3.05) is 0 Å². The first-order chi connectivity index (χ1) is 8.58. The standard InChI is InChI=1S/C13H15NO4/c1-8-11(13(16)17)6-10(18-8)7-14-12(15)9-4-2-3-5-9/h2-3,6,9H,4-5,7H2,1H3,(H,14,15)(H,16,17). The second-order valence-corrected chi connectivity index (χ2v) is 4.35. The van der Waals surface area contributed by atoms with E-state index >= 15 is 0 Å². The average molecular weight is 249 g/mol. The van der Waals surface area contributed by atoms with Crippen LogP contribution in [0, 0.1) is 12.8 Å². The van der Waals surface area contributed by atoms with Crippen LogP contribution in [0.15, 0.2) is 22.6 Å². The molecule has 1 heterocycles. The molecule has 1 aromatic rings. The highest BCUT2D eigenvalue weighted by atomic mass is 16.4. The number of aromatic carboxylic acids is 1. The van der Waals surface area contributed by atoms with Crippen molar-refractivity contribution in [1.29, 1.82) is 0 Å². The maximum Gasteiger partial charge on any atom is 0.339 e. The molecule has 18 heavy (non-hydrogen) atoms. The van der Waals surface area contributed by atoms with Crippen molar-refractivity contribution in [3.63, 3.8) is 0 Å². The van der Waals surface area contributed by atoms with E-state index in [1.54, 1.807) is 6.92 Å². The molecule has 2 rings (SSSR count). The molecule has 0 saturated carbocycles. The third kappa shape index (κ3) is 2.61. The van der Waals surface area contributed by atoms with Gasteiger partial charge in [0.25, 0.3) is 0 Å². The van der Waals surface area contributed by atoms with Gasteiger partial charge < -0.3 is 14.8 Å². The van der Waals surface area contributed by atoms with E-state index in [0.29, 0.717) is 11.5 Å². The summed E-state index contributed by atoms with van der Waals surface area (Å²) in [5, 5.41) is 11.6. The molecule has 1 aromatic heterocycles. The van der Waals surface area contributed by atoms with Crippen LogP contribution in [0.4, 0.5) is 0 Å². The molecule has 96 valence electrons. The predicted octanol–water partition coefficient (Wildman–Crippen LogP) is 1.87. The summed E-state index contributed by atoms with van der Waals surface area (Å²) in [7, 11) is 0. The molecule has 0 aliphatic heterocycles. The molecule has 1 amide bonds. The number of aryl methyl sites for hydroxylation is 1. The van der Waals surface area contributed by atoms with E-state index in [-0.39, 0.29) is 23.9 Å². The first kappa shape index (κ1) is 12.4. The van der Waals surface area contributed by atoms with Gasteiger partial charge in [-0.25, -0.2) is 4.79 Å². The molecule has 2 N–H and O–H groups in total. The number of allylic oxidation sites excluding steroid dienone is 2. The van der Waals surface area contributed by atoms with Crippen molar-refractivity contribution < 1.29 is 19.1 Å². The van der Waals surface area contributed by atoms with Crippen molar-refractivity contribution in [1.82, 2.24) is 5.32 Å². The summed E-state index contributed by atoms with van der Waals surface area (Å²) in [5.74, 6) is -0.224. The molecule has 0 fully saturated rings. The van der Waals surface area contributed by atoms with Crippen molar-refractivity contribution >= 4 is 11.9 Å². The number of hydrogen-bond donors (Lipinski definition) is 2. The number of carbonyl (C=O) groups is 2. The summed E-state index contributed by atoms with van der Waals surface area (Å²) in [6, 6.07) is 1.45. The van der Waals surface area contributed by atoms with Gasteiger partial charge in [0.05, 0.1) is 6.54 Å². The molecule has 0 saturated heterocycles. The summed E-state index contributed by atoms with van der Waals surface area (Å²) >= 11 is 0. The Hall–Kier alpha value is -2.04. The molecule has 5 heteroatoms. The average Bonchev–Trinajstić information content (AvgIpc) is 2.94. The summed E-state index contributed by atoms with van der Waals surface area (Å²) in [5.41, 5.74) is 0.141. The van der Waals surface area contributed by atoms with Crippen molar-refractivity contribution in [3.05, 3.63) is 35.3 Å². The van der Waals surface area contributed by atoms with Gasteiger partial charge in [0, 0.05) is 5.92 Å². The smallest absolute Gasteiger partial charge is 0.339 e. The predicted molar refractivity (Wildman–Crippen MR) is 64.1 cm³/mol. The number of rotatable bonds is 4. The van der Waals surface area contributed by atoms with E-state index < -0.39 is 5.97 Å². The number of carboxylic acid groups (broad SMARTS) is 1. The molecule has 0 aromatic carbocycles. The Balaban J connectivity index is 1.92. The molecule has 0 spiro atoms. The van der Waals surface area contributed by atoms with Crippen molar-refractivity contribution in [2.45, 2.75) is 26.3 Å². The molecular weight excluding hydrogens is 234 g/mol. The highest BCUT2D eigenvalue weighted by Crippen LogP contribution is 2.18. The van der Waals surface area contributed by atoms with Gasteiger partial charge in [-0.15, -0.1) is 0 Å². The molecular formula is C13H15NO4. The fourth-order valence-electron chi connectivity index (χ4n) is 1.99. The fourth-order valence-corrected chi connectivity index (χ4v) is 1.99. The lowest BCUT2D eigenvalue weighted by Gasteiger charge is -2.08. The third-order valence-electron chi connectivity index (χ3n) is 3.01. The monoisotopic (exact) mass is 249 g/mol. The second-order valence-electron chi connectivity index (χ2n) is 4.35. The van der Waals surface area contributed by atoms with Gasteiger partial charge in [-0.3, -0.25) is 4.79 Å². The number of furan rings is 1. The van der Waals surface area contributed by atoms with E-state index in [0.717, 1.165) is 12.8 Å². The van der Waals surface area contributed by atoms with E-state index in [1.807, 2.05) is 12.2 Å². The van der Waals surface area contributed by atoms with Crippen LogP contribution in [0.3, 0.4) is 0 Å². The number of amides is 1. The maximum atomic E-state index is 11.7. The Morgan fingerprint density at radius 3 is 2.67 bits per heavy atom. The Labute approximate surface area is 104 Å². The van der Waals surface area contributed by atoms with Crippen LogP contribution >= 0.6 is 0 Å². The molecule has 1 aliphatic rings. The van der Waals surface area contributed by atoms with Gasteiger partial charge in [-0.1, -0.05) is 12.2 Å². The minimum atomic E-state index is -1.02. The van der Waals surface area contributed by atoms with Crippen LogP contribution in [0.1, 0.15) is 34.7 Å². The summed E-state index contributed by atoms with van der Waals surface area (Å²) in [6.07, 6.45) is 5.51. The molecule has 0 bridgehead atoms. The van der Waals surface area contributed by atoms with Crippen molar-refractivity contribution in [3.8, 4) is 0 Å². The van der Waals surface area contributed by atoms with Gasteiger partial charge in [0.2, 0.25) is 5.91 Å². The van der Waals surface area contributed by atoms with Gasteiger partial charge >= 0.3 is 5.97 Å². The Morgan fingerprint density at radius 1 is 1.44 bits per heavy atom. The van der Waals surface area contributed by atoms with E-state index in [9.17, 15) is 9.59 Å². The molecule has 1 aliphatic carbocycles. The minimum absolute atomic E-state index is 0.00000310. The van der Waals surface area contributed by atoms with Crippen LogP contribution in [0.2, 0.25) is 0 Å². The normalized spacial score (nSPS) is 14.9. The van der Waals surface area contributed by atoms with Crippen LogP contribution < -0.4 is 5.32 Å². The number of hydrogen-bond acceptors (Lipinski definition) is 3. The van der Waals surface area contributed by atoms with Gasteiger partial charge in [0.15, 0.2) is 0 Å². The van der Waals surface area contributed by atoms with E-state index in [2.05, 4.69) is 5.32 Å². The third-order valence-corrected chi connectivity index (χ3v) is 3.01. The van der Waals surface area contributed by atoms with Crippen molar-refractivity contribution in [2.24, 2.45) is 5.92 Å². The van der Waals surface area contributed by atoms with Gasteiger partial charge in [-0.2, -0.15) is 0 Å². The molecule has 0 unspecified atom stereocenters. The quantitative estimate of drug-likeness (QED) is 0.798. The largest absolute Gasteiger partial charge is 0.478 e. The minimum Gasteiger partial charge on any atom is -0.478 e. The Bertz CT molecular complexity index is 493. The zero-order valence-corrected chi connectivity index (χ0v) is 10.1. The highest BCUT2D eigenvalue weighted by molar-refractivity contribution is 5.88. The lowest BCUT2D eigenvalue weighted by atomic mass is 10.1. The second kappa shape index (κ2) is 5.08. The van der Waals surface area contributed by atoms with Gasteiger partial charge in [0.1, 0.15) is 17.1 Å². The summed E-state index contributed by atoms with van der Waals surface area (Å²) in [4.78, 5) is 22.6. The van der Waals surface area contributed by atoms with Gasteiger partial charge in [-0.05, 0) is 25.8 Å². The molecule has 0 atom stereocenters. The summed E-state index contributed by atoms with van der Waals surface area (Å²) < 4.78 is 5.28. The Kier molecular flexibility index (Phi) is 3.50. The summed E-state index contributed by atoms with van der Waals surface area (Å²) in [6.45, 7) is 1.82. The van der Waals surface area contributed by atoms with Crippen LogP contribution in [0.5, 0.6) is 0 Å². The Morgan fingerprint density at radius 2 is 2.11 bits per heavy atom. The van der Waals surface area contributed by atoms with E-state index in [4.69, 9.17) is 9.52 Å². The number of carboxylic acids is 1. The highest BCUT2D eigenvalue weighted by Gasteiger charge is 2.20. The zero-order valence-electron chi connectivity index (χ0n) is 10.1. The number of nitrogens with one attached hydrogen (secondary N) is 1. The first-order valence-electron chi connectivity index (χ1n) is 5.83. The van der Waals surface area contributed by atoms with Crippen LogP contribution in [0.25, 0.3) is 0 Å². The van der Waals surface area contributed by atoms with Crippen LogP contribution in [-0.2, 0) is 11.3 Å². The topological polar surface area (TPSA) is 79.5 Å². The van der Waals surface area contributed by atoms with E-state index in [1.165, 1.54) is 6.07 Å². The lowest BCUT2D eigenvalue weighted by Crippen LogP contribution is -2.28. The molecule has 5 nitrogen and oxygen atoms in total. The first-order valence-corrected chi connectivity index (χ1v) is 5.83. The fraction of sp³-hybridized carbons (Fsp3) is 0.385. The SMILES string of the molecule is Cc1oc(CNC(=O)C2CC=CC2)cc1C(=O)O. The molecule has 0 radical (unpaired) electrons.